The number of nitrogens with zero attached hydrogens (tertiary/aromatic N) is 2. The second-order valence-electron chi connectivity index (χ2n) is 6.81. The zero-order chi connectivity index (χ0) is 19.4. The van der Waals surface area contributed by atoms with Crippen LogP contribution < -0.4 is 15.0 Å². The van der Waals surface area contributed by atoms with E-state index in [4.69, 9.17) is 0 Å². The lowest BCUT2D eigenvalue weighted by molar-refractivity contribution is -0.0498. The summed E-state index contributed by atoms with van der Waals surface area (Å²) in [5, 5.41) is 2.74. The number of amides is 1. The molecule has 2 aromatic heterocycles. The third kappa shape index (κ3) is 5.15. The smallest absolute Gasteiger partial charge is 0.387 e. The van der Waals surface area contributed by atoms with Crippen LogP contribution >= 0.6 is 11.3 Å². The van der Waals surface area contributed by atoms with Crippen LogP contribution in [0.1, 0.15) is 39.9 Å². The van der Waals surface area contributed by atoms with E-state index in [9.17, 15) is 13.6 Å². The molecule has 1 aliphatic rings. The Kier molecular flexibility index (Phi) is 6.26. The zero-order valence-corrected chi connectivity index (χ0v) is 16.2. The van der Waals surface area contributed by atoms with Crippen molar-refractivity contribution in [1.29, 1.82) is 0 Å². The van der Waals surface area contributed by atoms with Gasteiger partial charge in [0.2, 0.25) is 0 Å². The topological polar surface area (TPSA) is 54.5 Å². The summed E-state index contributed by atoms with van der Waals surface area (Å²) in [7, 11) is 0. The minimum atomic E-state index is -2.96. The van der Waals surface area contributed by atoms with Gasteiger partial charge in [-0.15, -0.1) is 11.3 Å². The van der Waals surface area contributed by atoms with E-state index in [1.165, 1.54) is 18.9 Å². The van der Waals surface area contributed by atoms with Crippen LogP contribution in [0.3, 0.4) is 0 Å². The molecule has 1 saturated heterocycles. The molecule has 0 saturated carbocycles. The van der Waals surface area contributed by atoms with Gasteiger partial charge in [-0.25, -0.2) is 4.98 Å². The van der Waals surface area contributed by atoms with E-state index in [2.05, 4.69) is 26.9 Å². The van der Waals surface area contributed by atoms with Gasteiger partial charge in [-0.05, 0) is 43.4 Å². The van der Waals surface area contributed by atoms with Crippen molar-refractivity contribution in [2.24, 2.45) is 5.92 Å². The van der Waals surface area contributed by atoms with Crippen LogP contribution in [-0.2, 0) is 6.54 Å². The van der Waals surface area contributed by atoms with Crippen LogP contribution in [0.5, 0.6) is 5.75 Å². The fraction of sp³-hybridized carbons (Fsp3) is 0.474. The summed E-state index contributed by atoms with van der Waals surface area (Å²) >= 11 is 1.13. The molecule has 0 aromatic carbocycles. The summed E-state index contributed by atoms with van der Waals surface area (Å²) in [6.45, 7) is 3.34. The number of hydrogen-bond acceptors (Lipinski definition) is 5. The van der Waals surface area contributed by atoms with Gasteiger partial charge in [-0.2, -0.15) is 8.78 Å². The molecule has 0 atom stereocenters. The zero-order valence-electron chi connectivity index (χ0n) is 15.4. The number of halogens is 2. The van der Waals surface area contributed by atoms with Crippen molar-refractivity contribution in [1.82, 2.24) is 10.3 Å². The number of carbonyl (C=O) groups is 1. The maximum Gasteiger partial charge on any atom is 0.387 e. The summed E-state index contributed by atoms with van der Waals surface area (Å²) < 4.78 is 29.4. The Balaban J connectivity index is 1.58. The molecule has 1 amide bonds. The van der Waals surface area contributed by atoms with Gasteiger partial charge in [0.15, 0.2) is 0 Å². The molecule has 3 heterocycles. The standard InChI is InChI=1S/C19H23F2N3O2S/c1-12-5-7-24(8-6-12)16-4-3-14(10-22-16)11-23-18(25)17-15(26-19(20)21)9-13(2)27-17/h3-4,9-10,12,19H,5-8,11H2,1-2H3,(H,23,25). The summed E-state index contributed by atoms with van der Waals surface area (Å²) in [5.74, 6) is 1.18. The Morgan fingerprint density at radius 1 is 1.41 bits per heavy atom. The van der Waals surface area contributed by atoms with Gasteiger partial charge in [0.05, 0.1) is 0 Å². The van der Waals surface area contributed by atoms with Crippen molar-refractivity contribution < 1.29 is 18.3 Å². The number of ether oxygens (including phenoxy) is 1. The second kappa shape index (κ2) is 8.65. The number of piperidine rings is 1. The number of rotatable bonds is 6. The largest absolute Gasteiger partial charge is 0.433 e. The molecule has 0 unspecified atom stereocenters. The number of aryl methyl sites for hydroxylation is 1. The Morgan fingerprint density at radius 2 is 2.15 bits per heavy atom. The number of carbonyl (C=O) groups excluding carboxylic acids is 1. The van der Waals surface area contributed by atoms with Crippen molar-refractivity contribution in [2.45, 2.75) is 39.8 Å². The third-order valence-electron chi connectivity index (χ3n) is 4.61. The van der Waals surface area contributed by atoms with E-state index < -0.39 is 12.5 Å². The second-order valence-corrected chi connectivity index (χ2v) is 8.06. The maximum absolute atomic E-state index is 12.5. The first-order valence-corrected chi connectivity index (χ1v) is 9.77. The monoisotopic (exact) mass is 395 g/mol. The molecule has 3 rings (SSSR count). The average molecular weight is 395 g/mol. The van der Waals surface area contributed by atoms with E-state index in [-0.39, 0.29) is 17.2 Å². The Bertz CT molecular complexity index is 772. The van der Waals surface area contributed by atoms with Crippen LogP contribution in [0.25, 0.3) is 0 Å². The summed E-state index contributed by atoms with van der Waals surface area (Å²) in [6.07, 6.45) is 4.08. The van der Waals surface area contributed by atoms with E-state index in [0.29, 0.717) is 0 Å². The average Bonchev–Trinajstić information content (AvgIpc) is 3.00. The predicted octanol–water partition coefficient (Wildman–Crippen LogP) is 4.22. The molecule has 0 aliphatic carbocycles. The molecule has 1 aliphatic heterocycles. The first-order chi connectivity index (χ1) is 12.9. The van der Waals surface area contributed by atoms with Crippen LogP contribution in [0.15, 0.2) is 24.4 Å². The number of anilines is 1. The van der Waals surface area contributed by atoms with Gasteiger partial charge in [-0.1, -0.05) is 13.0 Å². The quantitative estimate of drug-likeness (QED) is 0.796. The maximum atomic E-state index is 12.5. The molecule has 0 spiro atoms. The normalized spacial score (nSPS) is 15.2. The Morgan fingerprint density at radius 3 is 2.78 bits per heavy atom. The highest BCUT2D eigenvalue weighted by atomic mass is 32.1. The lowest BCUT2D eigenvalue weighted by Gasteiger charge is -2.31. The first kappa shape index (κ1) is 19.5. The fourth-order valence-electron chi connectivity index (χ4n) is 3.04. The van der Waals surface area contributed by atoms with Gasteiger partial charge in [0, 0.05) is 30.7 Å². The van der Waals surface area contributed by atoms with Crippen LogP contribution in [0, 0.1) is 12.8 Å². The third-order valence-corrected chi connectivity index (χ3v) is 5.64. The van der Waals surface area contributed by atoms with Gasteiger partial charge in [0.1, 0.15) is 16.4 Å². The molecular formula is C19H23F2N3O2S. The molecule has 0 radical (unpaired) electrons. The molecule has 2 aromatic rings. The lowest BCUT2D eigenvalue weighted by atomic mass is 9.99. The fourth-order valence-corrected chi connectivity index (χ4v) is 3.90. The number of pyridine rings is 1. The molecule has 146 valence electrons. The van der Waals surface area contributed by atoms with E-state index in [1.54, 1.807) is 13.1 Å². The predicted molar refractivity (Wildman–Crippen MR) is 102 cm³/mol. The molecule has 1 fully saturated rings. The number of hydrogen-bond donors (Lipinski definition) is 1. The highest BCUT2D eigenvalue weighted by Gasteiger charge is 2.19. The van der Waals surface area contributed by atoms with Crippen molar-refractivity contribution in [3.05, 3.63) is 39.7 Å². The summed E-state index contributed by atoms with van der Waals surface area (Å²) in [5.41, 5.74) is 0.849. The van der Waals surface area contributed by atoms with Crippen LogP contribution in [-0.4, -0.2) is 30.6 Å². The van der Waals surface area contributed by atoms with E-state index in [0.717, 1.165) is 46.6 Å². The van der Waals surface area contributed by atoms with Crippen molar-refractivity contribution >= 4 is 23.1 Å². The first-order valence-electron chi connectivity index (χ1n) is 8.95. The number of alkyl halides is 2. The van der Waals surface area contributed by atoms with E-state index in [1.807, 2.05) is 12.1 Å². The number of aromatic nitrogens is 1. The van der Waals surface area contributed by atoms with Crippen LogP contribution in [0.4, 0.5) is 14.6 Å². The molecule has 8 heteroatoms. The number of thiophene rings is 1. The van der Waals surface area contributed by atoms with Crippen molar-refractivity contribution in [3.63, 3.8) is 0 Å². The molecule has 1 N–H and O–H groups in total. The number of nitrogens with one attached hydrogen (secondary N) is 1. The lowest BCUT2D eigenvalue weighted by Crippen LogP contribution is -2.33. The van der Waals surface area contributed by atoms with Crippen molar-refractivity contribution in [2.75, 3.05) is 18.0 Å². The Labute approximate surface area is 161 Å². The van der Waals surface area contributed by atoms with Gasteiger partial charge in [0.25, 0.3) is 5.91 Å². The highest BCUT2D eigenvalue weighted by Crippen LogP contribution is 2.30. The van der Waals surface area contributed by atoms with Gasteiger partial charge < -0.3 is 15.0 Å². The highest BCUT2D eigenvalue weighted by molar-refractivity contribution is 7.14. The van der Waals surface area contributed by atoms with Crippen molar-refractivity contribution in [3.8, 4) is 5.75 Å². The molecular weight excluding hydrogens is 372 g/mol. The van der Waals surface area contributed by atoms with E-state index >= 15 is 0 Å². The molecule has 27 heavy (non-hydrogen) atoms. The summed E-state index contributed by atoms with van der Waals surface area (Å²) in [6, 6.07) is 5.33. The van der Waals surface area contributed by atoms with Gasteiger partial charge in [-0.3, -0.25) is 4.79 Å². The minimum absolute atomic E-state index is 0.0854. The molecule has 0 bridgehead atoms. The van der Waals surface area contributed by atoms with Gasteiger partial charge >= 0.3 is 6.61 Å². The summed E-state index contributed by atoms with van der Waals surface area (Å²) in [4.78, 5) is 20.0. The Hall–Kier alpha value is -2.22. The SMILES string of the molecule is Cc1cc(OC(F)F)c(C(=O)NCc2ccc(N3CCC(C)CC3)nc2)s1. The molecule has 5 nitrogen and oxygen atoms in total. The van der Waals surface area contributed by atoms with Crippen LogP contribution in [0.2, 0.25) is 0 Å². The minimum Gasteiger partial charge on any atom is -0.433 e.